The van der Waals surface area contributed by atoms with Crippen LogP contribution in [0, 0.1) is 11.6 Å². The predicted molar refractivity (Wildman–Crippen MR) is 80.5 cm³/mol. The number of nitrogens with two attached hydrogens (primary N) is 2. The van der Waals surface area contributed by atoms with E-state index in [0.29, 0.717) is 11.3 Å². The minimum atomic E-state index is -1.11. The van der Waals surface area contributed by atoms with Crippen molar-refractivity contribution in [3.63, 3.8) is 0 Å². The van der Waals surface area contributed by atoms with Crippen molar-refractivity contribution < 1.29 is 13.6 Å². The van der Waals surface area contributed by atoms with E-state index in [1.165, 1.54) is 36.4 Å². The summed E-state index contributed by atoms with van der Waals surface area (Å²) < 4.78 is 27.6. The van der Waals surface area contributed by atoms with Gasteiger partial charge in [-0.15, -0.1) is 0 Å². The molecule has 2 rings (SSSR count). The molecule has 1 amide bonds. The molecule has 0 aliphatic heterocycles. The van der Waals surface area contributed by atoms with Crippen LogP contribution in [0.15, 0.2) is 36.4 Å². The van der Waals surface area contributed by atoms with Crippen molar-refractivity contribution in [2.75, 3.05) is 5.32 Å². The number of anilines is 2. The molecule has 0 spiro atoms. The second kappa shape index (κ2) is 5.84. The Hall–Kier alpha value is -2.54. The Morgan fingerprint density at radius 1 is 1.00 bits per heavy atom. The highest BCUT2D eigenvalue weighted by Gasteiger charge is 2.15. The zero-order valence-electron chi connectivity index (χ0n) is 10.7. The molecule has 0 bridgehead atoms. The van der Waals surface area contributed by atoms with Gasteiger partial charge < -0.3 is 16.8 Å². The first-order valence-corrected chi connectivity index (χ1v) is 6.25. The van der Waals surface area contributed by atoms with Crippen LogP contribution in [0.1, 0.15) is 15.9 Å². The maximum Gasteiger partial charge on any atom is 0.248 e. The van der Waals surface area contributed by atoms with Crippen LogP contribution in [0.3, 0.4) is 0 Å². The first-order chi connectivity index (χ1) is 9.90. The van der Waals surface area contributed by atoms with Crippen LogP contribution >= 0.6 is 12.2 Å². The number of thiocarbonyl (C=S) groups is 1. The number of rotatable bonds is 4. The summed E-state index contributed by atoms with van der Waals surface area (Å²) in [6.07, 6.45) is 0. The van der Waals surface area contributed by atoms with Crippen molar-refractivity contribution in [3.05, 3.63) is 59.2 Å². The van der Waals surface area contributed by atoms with Crippen molar-refractivity contribution in [1.82, 2.24) is 0 Å². The quantitative estimate of drug-likeness (QED) is 0.758. The van der Waals surface area contributed by atoms with Crippen LogP contribution in [0.25, 0.3) is 0 Å². The van der Waals surface area contributed by atoms with Gasteiger partial charge in [0.1, 0.15) is 4.99 Å². The number of carbonyl (C=O) groups excluding carboxylic acids is 1. The van der Waals surface area contributed by atoms with Crippen molar-refractivity contribution in [1.29, 1.82) is 0 Å². The molecule has 0 saturated heterocycles. The Kier molecular flexibility index (Phi) is 4.13. The van der Waals surface area contributed by atoms with Crippen LogP contribution in [0.4, 0.5) is 20.2 Å². The van der Waals surface area contributed by atoms with Gasteiger partial charge in [-0.1, -0.05) is 12.2 Å². The van der Waals surface area contributed by atoms with Crippen LogP contribution < -0.4 is 16.8 Å². The van der Waals surface area contributed by atoms with Gasteiger partial charge in [0.15, 0.2) is 11.6 Å². The first kappa shape index (κ1) is 14.9. The van der Waals surface area contributed by atoms with Gasteiger partial charge in [0.05, 0.1) is 5.69 Å². The van der Waals surface area contributed by atoms with E-state index in [1.807, 2.05) is 0 Å². The number of hydrogen-bond acceptors (Lipinski definition) is 3. The fraction of sp³-hybridized carbons (Fsp3) is 0. The average Bonchev–Trinajstić information content (AvgIpc) is 2.44. The summed E-state index contributed by atoms with van der Waals surface area (Å²) in [5.41, 5.74) is 11.0. The number of nitrogens with one attached hydrogen (secondary N) is 1. The molecule has 0 heterocycles. The maximum atomic E-state index is 13.9. The van der Waals surface area contributed by atoms with Crippen molar-refractivity contribution in [2.24, 2.45) is 11.5 Å². The molecule has 0 aliphatic rings. The van der Waals surface area contributed by atoms with E-state index < -0.39 is 17.5 Å². The second-order valence-electron chi connectivity index (χ2n) is 4.22. The molecule has 2 aromatic rings. The molecule has 21 heavy (non-hydrogen) atoms. The normalized spacial score (nSPS) is 10.2. The summed E-state index contributed by atoms with van der Waals surface area (Å²) in [7, 11) is 0. The largest absolute Gasteiger partial charge is 0.389 e. The molecule has 0 fully saturated rings. The Labute approximate surface area is 124 Å². The zero-order chi connectivity index (χ0) is 15.6. The van der Waals surface area contributed by atoms with Gasteiger partial charge in [-0.05, 0) is 36.4 Å². The summed E-state index contributed by atoms with van der Waals surface area (Å²) in [6, 6.07) is 8.62. The summed E-state index contributed by atoms with van der Waals surface area (Å²) in [6.45, 7) is 0. The van der Waals surface area contributed by atoms with Gasteiger partial charge in [0.25, 0.3) is 0 Å². The molecule has 0 saturated carbocycles. The highest BCUT2D eigenvalue weighted by atomic mass is 32.1. The molecular formula is C14H11F2N3OS. The summed E-state index contributed by atoms with van der Waals surface area (Å²) >= 11 is 4.63. The van der Waals surface area contributed by atoms with Gasteiger partial charge in [-0.2, -0.15) is 0 Å². The lowest BCUT2D eigenvalue weighted by Gasteiger charge is -2.10. The van der Waals surface area contributed by atoms with Crippen LogP contribution in [0.2, 0.25) is 0 Å². The Balaban J connectivity index is 2.29. The van der Waals surface area contributed by atoms with E-state index in [1.54, 1.807) is 0 Å². The third-order valence-electron chi connectivity index (χ3n) is 2.80. The summed E-state index contributed by atoms with van der Waals surface area (Å²) in [5.74, 6) is -2.76. The first-order valence-electron chi connectivity index (χ1n) is 5.85. The predicted octanol–water partition coefficient (Wildman–Crippen LogP) is 2.44. The van der Waals surface area contributed by atoms with Gasteiger partial charge in [0.2, 0.25) is 5.91 Å². The van der Waals surface area contributed by atoms with E-state index in [2.05, 4.69) is 17.5 Å². The molecular weight excluding hydrogens is 296 g/mol. The molecule has 0 unspecified atom stereocenters. The molecule has 7 heteroatoms. The SMILES string of the molecule is NC(=O)c1ccc(Nc2ccc(C(N)=S)c(F)c2F)cc1. The van der Waals surface area contributed by atoms with E-state index in [-0.39, 0.29) is 16.2 Å². The number of hydrogen-bond donors (Lipinski definition) is 3. The van der Waals surface area contributed by atoms with Gasteiger partial charge >= 0.3 is 0 Å². The highest BCUT2D eigenvalue weighted by Crippen LogP contribution is 2.24. The Morgan fingerprint density at radius 3 is 2.14 bits per heavy atom. The topological polar surface area (TPSA) is 81.1 Å². The third kappa shape index (κ3) is 3.14. The number of carbonyl (C=O) groups is 1. The third-order valence-corrected chi connectivity index (χ3v) is 3.02. The van der Waals surface area contributed by atoms with Crippen molar-refractivity contribution in [3.8, 4) is 0 Å². The van der Waals surface area contributed by atoms with Crippen molar-refractivity contribution >= 4 is 34.5 Å². The number of primary amides is 1. The number of benzene rings is 2. The van der Waals surface area contributed by atoms with Crippen molar-refractivity contribution in [2.45, 2.75) is 0 Å². The minimum absolute atomic E-state index is 0.0701. The second-order valence-corrected chi connectivity index (χ2v) is 4.66. The number of halogens is 2. The Bertz CT molecular complexity index is 717. The maximum absolute atomic E-state index is 13.9. The molecule has 0 aromatic heterocycles. The molecule has 5 N–H and O–H groups in total. The average molecular weight is 307 g/mol. The summed E-state index contributed by atoms with van der Waals surface area (Å²) in [5, 5.41) is 2.69. The van der Waals surface area contributed by atoms with Gasteiger partial charge in [-0.3, -0.25) is 4.79 Å². The lowest BCUT2D eigenvalue weighted by Crippen LogP contribution is -2.13. The molecule has 108 valence electrons. The molecule has 0 atom stereocenters. The fourth-order valence-electron chi connectivity index (χ4n) is 1.71. The molecule has 0 radical (unpaired) electrons. The van der Waals surface area contributed by atoms with E-state index in [9.17, 15) is 13.6 Å². The molecule has 4 nitrogen and oxygen atoms in total. The van der Waals surface area contributed by atoms with E-state index in [0.717, 1.165) is 0 Å². The summed E-state index contributed by atoms with van der Waals surface area (Å²) in [4.78, 5) is 10.7. The zero-order valence-corrected chi connectivity index (χ0v) is 11.5. The van der Waals surface area contributed by atoms with Gasteiger partial charge in [-0.25, -0.2) is 8.78 Å². The minimum Gasteiger partial charge on any atom is -0.389 e. The molecule has 2 aromatic carbocycles. The van der Waals surface area contributed by atoms with Crippen LogP contribution in [-0.2, 0) is 0 Å². The number of amides is 1. The van der Waals surface area contributed by atoms with Gasteiger partial charge in [0, 0.05) is 16.8 Å². The molecule has 0 aliphatic carbocycles. The van der Waals surface area contributed by atoms with E-state index >= 15 is 0 Å². The smallest absolute Gasteiger partial charge is 0.248 e. The monoisotopic (exact) mass is 307 g/mol. The lowest BCUT2D eigenvalue weighted by atomic mass is 10.1. The standard InChI is InChI=1S/C14H11F2N3OS/c15-11-9(14(18)21)5-6-10(12(11)16)19-8-3-1-7(2-4-8)13(17)20/h1-6,19H,(H2,17,20)(H2,18,21). The fourth-order valence-corrected chi connectivity index (χ4v) is 1.87. The van der Waals surface area contributed by atoms with Crippen LogP contribution in [-0.4, -0.2) is 10.9 Å². The Morgan fingerprint density at radius 2 is 1.62 bits per heavy atom. The van der Waals surface area contributed by atoms with Crippen LogP contribution in [0.5, 0.6) is 0 Å². The van der Waals surface area contributed by atoms with E-state index in [4.69, 9.17) is 11.5 Å². The lowest BCUT2D eigenvalue weighted by molar-refractivity contribution is 0.100. The highest BCUT2D eigenvalue weighted by molar-refractivity contribution is 7.80.